The Kier molecular flexibility index (Phi) is 5.42. The van der Waals surface area contributed by atoms with E-state index in [9.17, 15) is 4.79 Å². The largest absolute Gasteiger partial charge is 0.508 e. The van der Waals surface area contributed by atoms with Gasteiger partial charge in [0, 0.05) is 6.54 Å². The van der Waals surface area contributed by atoms with E-state index in [-0.39, 0.29) is 5.75 Å². The third-order valence-corrected chi connectivity index (χ3v) is 2.18. The van der Waals surface area contributed by atoms with Crippen LogP contribution in [0.15, 0.2) is 30.3 Å². The number of benzene rings is 1. The van der Waals surface area contributed by atoms with Crippen LogP contribution < -0.4 is 5.32 Å². The van der Waals surface area contributed by atoms with Crippen LogP contribution in [-0.4, -0.2) is 23.3 Å². The smallest absolute Gasteiger partial charge is 0.407 e. The van der Waals surface area contributed by atoms with Crippen molar-refractivity contribution in [3.8, 4) is 5.75 Å². The van der Waals surface area contributed by atoms with Gasteiger partial charge in [0.2, 0.25) is 0 Å². The summed E-state index contributed by atoms with van der Waals surface area (Å²) in [6.45, 7) is 6.02. The number of alkyl carbamates (subject to hydrolysis) is 1. The zero-order chi connectivity index (χ0) is 14.3. The summed E-state index contributed by atoms with van der Waals surface area (Å²) < 4.78 is 5.11. The van der Waals surface area contributed by atoms with E-state index >= 15 is 0 Å². The van der Waals surface area contributed by atoms with Gasteiger partial charge in [-0.1, -0.05) is 24.3 Å². The maximum atomic E-state index is 11.3. The number of aromatic hydroxyl groups is 1. The molecule has 0 saturated heterocycles. The predicted molar refractivity (Wildman–Crippen MR) is 76.0 cm³/mol. The molecule has 2 N–H and O–H groups in total. The first kappa shape index (κ1) is 15.1. The van der Waals surface area contributed by atoms with Crippen LogP contribution in [0, 0.1) is 0 Å². The summed E-state index contributed by atoms with van der Waals surface area (Å²) in [6, 6.07) is 6.93. The lowest BCUT2D eigenvalue weighted by atomic mass is 10.2. The van der Waals surface area contributed by atoms with E-state index in [0.29, 0.717) is 6.54 Å². The highest BCUT2D eigenvalue weighted by molar-refractivity contribution is 5.67. The molecular formula is C15H21NO3. The third-order valence-electron chi connectivity index (χ3n) is 2.18. The Labute approximate surface area is 114 Å². The molecule has 0 fully saturated rings. The van der Waals surface area contributed by atoms with Crippen molar-refractivity contribution in [2.45, 2.75) is 32.8 Å². The lowest BCUT2D eigenvalue weighted by molar-refractivity contribution is 0.0529. The molecule has 0 bridgehead atoms. The molecular weight excluding hydrogens is 242 g/mol. The number of ether oxygens (including phenoxy) is 1. The molecule has 1 rings (SSSR count). The van der Waals surface area contributed by atoms with E-state index in [4.69, 9.17) is 9.84 Å². The van der Waals surface area contributed by atoms with E-state index in [0.717, 1.165) is 12.0 Å². The highest BCUT2D eigenvalue weighted by Gasteiger charge is 2.14. The van der Waals surface area contributed by atoms with Crippen LogP contribution in [0.1, 0.15) is 32.8 Å². The Balaban J connectivity index is 2.24. The molecule has 4 heteroatoms. The van der Waals surface area contributed by atoms with Gasteiger partial charge in [0.1, 0.15) is 11.4 Å². The molecule has 0 saturated carbocycles. The maximum absolute atomic E-state index is 11.3. The molecule has 0 aliphatic heterocycles. The third kappa shape index (κ3) is 7.13. The van der Waals surface area contributed by atoms with Crippen molar-refractivity contribution in [2.75, 3.05) is 6.54 Å². The summed E-state index contributed by atoms with van der Waals surface area (Å²) in [5, 5.41) is 11.8. The molecule has 0 unspecified atom stereocenters. The Morgan fingerprint density at radius 3 is 2.53 bits per heavy atom. The minimum absolute atomic E-state index is 0.253. The topological polar surface area (TPSA) is 58.6 Å². The molecule has 0 aliphatic rings. The average Bonchev–Trinajstić information content (AvgIpc) is 2.29. The van der Waals surface area contributed by atoms with Gasteiger partial charge in [0.05, 0.1) is 0 Å². The molecule has 0 spiro atoms. The van der Waals surface area contributed by atoms with Crippen LogP contribution in [0.2, 0.25) is 0 Å². The highest BCUT2D eigenvalue weighted by atomic mass is 16.6. The first-order valence-corrected chi connectivity index (χ1v) is 6.29. The summed E-state index contributed by atoms with van der Waals surface area (Å²) in [6.07, 6.45) is 4.23. The fraction of sp³-hybridized carbons (Fsp3) is 0.400. The van der Waals surface area contributed by atoms with Crippen molar-refractivity contribution in [1.29, 1.82) is 0 Å². The first-order valence-electron chi connectivity index (χ1n) is 6.29. The van der Waals surface area contributed by atoms with Gasteiger partial charge in [-0.2, -0.15) is 0 Å². The molecule has 4 nitrogen and oxygen atoms in total. The predicted octanol–water partition coefficient (Wildman–Crippen LogP) is 3.32. The minimum Gasteiger partial charge on any atom is -0.508 e. The number of carbonyl (C=O) groups excluding carboxylic acids is 1. The molecule has 0 aliphatic carbocycles. The fourth-order valence-electron chi connectivity index (χ4n) is 1.38. The number of phenols is 1. The molecule has 0 atom stereocenters. The second-order valence-corrected chi connectivity index (χ2v) is 5.21. The van der Waals surface area contributed by atoms with Crippen LogP contribution in [0.3, 0.4) is 0 Å². The summed E-state index contributed by atoms with van der Waals surface area (Å²) in [7, 11) is 0. The second kappa shape index (κ2) is 6.83. The van der Waals surface area contributed by atoms with Gasteiger partial charge in [0.25, 0.3) is 0 Å². The maximum Gasteiger partial charge on any atom is 0.407 e. The Hall–Kier alpha value is -1.97. The van der Waals surface area contributed by atoms with Gasteiger partial charge < -0.3 is 15.2 Å². The van der Waals surface area contributed by atoms with Crippen LogP contribution in [0.5, 0.6) is 5.75 Å². The van der Waals surface area contributed by atoms with Crippen LogP contribution in [0.4, 0.5) is 4.79 Å². The summed E-state index contributed by atoms with van der Waals surface area (Å²) in [5.74, 6) is 0.253. The van der Waals surface area contributed by atoms with Gasteiger partial charge in [-0.05, 0) is 44.9 Å². The molecule has 0 heterocycles. The van der Waals surface area contributed by atoms with E-state index in [1.165, 1.54) is 0 Å². The minimum atomic E-state index is -0.466. The van der Waals surface area contributed by atoms with Gasteiger partial charge in [0.15, 0.2) is 0 Å². The van der Waals surface area contributed by atoms with Crippen molar-refractivity contribution < 1.29 is 14.6 Å². The van der Waals surface area contributed by atoms with Gasteiger partial charge in [-0.3, -0.25) is 0 Å². The molecule has 1 aromatic carbocycles. The number of rotatable bonds is 4. The normalized spacial score (nSPS) is 11.5. The Bertz CT molecular complexity index is 430. The van der Waals surface area contributed by atoms with E-state index in [1.54, 1.807) is 12.1 Å². The average molecular weight is 263 g/mol. The van der Waals surface area contributed by atoms with Crippen molar-refractivity contribution in [1.82, 2.24) is 5.32 Å². The van der Waals surface area contributed by atoms with Gasteiger partial charge in [-0.15, -0.1) is 0 Å². The standard InChI is InChI=1S/C15H21NO3/c1-15(2,3)19-14(18)16-11-5-4-6-12-7-9-13(17)10-8-12/h4,6-10,17H,5,11H2,1-3H3,(H,16,18). The van der Waals surface area contributed by atoms with Crippen molar-refractivity contribution in [2.24, 2.45) is 0 Å². The highest BCUT2D eigenvalue weighted by Crippen LogP contribution is 2.11. The van der Waals surface area contributed by atoms with Gasteiger partial charge >= 0.3 is 6.09 Å². The number of carbonyl (C=O) groups is 1. The molecule has 104 valence electrons. The fourth-order valence-corrected chi connectivity index (χ4v) is 1.38. The molecule has 1 aromatic rings. The zero-order valence-electron chi connectivity index (χ0n) is 11.6. The first-order chi connectivity index (χ1) is 8.87. The zero-order valence-corrected chi connectivity index (χ0v) is 11.6. The number of hydrogen-bond donors (Lipinski definition) is 2. The quantitative estimate of drug-likeness (QED) is 0.819. The lowest BCUT2D eigenvalue weighted by Gasteiger charge is -2.19. The number of hydrogen-bond acceptors (Lipinski definition) is 3. The molecule has 0 aromatic heterocycles. The summed E-state index contributed by atoms with van der Waals surface area (Å²) in [5.41, 5.74) is 0.543. The summed E-state index contributed by atoms with van der Waals surface area (Å²) in [4.78, 5) is 11.3. The molecule has 0 radical (unpaired) electrons. The van der Waals surface area contributed by atoms with E-state index in [2.05, 4.69) is 5.32 Å². The van der Waals surface area contributed by atoms with Crippen molar-refractivity contribution in [3.05, 3.63) is 35.9 Å². The van der Waals surface area contributed by atoms with E-state index < -0.39 is 11.7 Å². The van der Waals surface area contributed by atoms with Crippen LogP contribution in [0.25, 0.3) is 6.08 Å². The number of phenolic OH excluding ortho intramolecular Hbond substituents is 1. The molecule has 1 amide bonds. The lowest BCUT2D eigenvalue weighted by Crippen LogP contribution is -2.32. The van der Waals surface area contributed by atoms with E-state index in [1.807, 2.05) is 45.1 Å². The Morgan fingerprint density at radius 1 is 1.32 bits per heavy atom. The monoisotopic (exact) mass is 263 g/mol. The van der Waals surface area contributed by atoms with Gasteiger partial charge in [-0.25, -0.2) is 4.79 Å². The van der Waals surface area contributed by atoms with Crippen LogP contribution in [-0.2, 0) is 4.74 Å². The van der Waals surface area contributed by atoms with Crippen LogP contribution >= 0.6 is 0 Å². The number of nitrogens with one attached hydrogen (secondary N) is 1. The number of amides is 1. The second-order valence-electron chi connectivity index (χ2n) is 5.21. The van der Waals surface area contributed by atoms with Crippen molar-refractivity contribution >= 4 is 12.2 Å². The Morgan fingerprint density at radius 2 is 1.95 bits per heavy atom. The molecule has 19 heavy (non-hydrogen) atoms. The van der Waals surface area contributed by atoms with Crippen molar-refractivity contribution in [3.63, 3.8) is 0 Å². The summed E-state index contributed by atoms with van der Waals surface area (Å²) >= 11 is 0. The SMILES string of the molecule is CC(C)(C)OC(=O)NCCC=Cc1ccc(O)cc1.